The average molecular weight is 296 g/mol. The van der Waals surface area contributed by atoms with Gasteiger partial charge in [-0.15, -0.1) is 11.3 Å². The smallest absolute Gasteiger partial charge is 0.0944 e. The maximum atomic E-state index is 5.93. The Morgan fingerprint density at radius 2 is 2.05 bits per heavy atom. The third-order valence-electron chi connectivity index (χ3n) is 4.86. The summed E-state index contributed by atoms with van der Waals surface area (Å²) in [4.78, 5) is 7.26. The lowest BCUT2D eigenvalue weighted by Crippen LogP contribution is -2.62. The summed E-state index contributed by atoms with van der Waals surface area (Å²) in [6.45, 7) is 9.05. The number of thiazole rings is 1. The summed E-state index contributed by atoms with van der Waals surface area (Å²) in [7, 11) is 0. The monoisotopic (exact) mass is 296 g/mol. The van der Waals surface area contributed by atoms with E-state index in [1.165, 1.54) is 30.9 Å². The van der Waals surface area contributed by atoms with E-state index in [2.05, 4.69) is 41.5 Å². The highest BCUT2D eigenvalue weighted by molar-refractivity contribution is 7.09. The van der Waals surface area contributed by atoms with Crippen LogP contribution in [0.4, 0.5) is 0 Å². The molecule has 1 atom stereocenters. The third kappa shape index (κ3) is 3.06. The van der Waals surface area contributed by atoms with Gasteiger partial charge in [0.05, 0.1) is 5.01 Å². The lowest BCUT2D eigenvalue weighted by molar-refractivity contribution is 0.0620. The quantitative estimate of drug-likeness (QED) is 0.599. The summed E-state index contributed by atoms with van der Waals surface area (Å²) in [5, 5.41) is 3.31. The van der Waals surface area contributed by atoms with E-state index < -0.39 is 0 Å². The standard InChI is InChI=1S/C15H28N4S/c1-4-15(5-2,19-8-6-7-9-19)13(18-16)10-14-17-12(3)11-20-14/h11,13,18H,4-10,16H2,1-3H3. The number of likely N-dealkylation sites (tertiary alicyclic amines) is 1. The van der Waals surface area contributed by atoms with Crippen molar-refractivity contribution in [2.75, 3.05) is 13.1 Å². The number of hydrogen-bond acceptors (Lipinski definition) is 5. The molecule has 0 amide bonds. The molecule has 1 unspecified atom stereocenters. The molecular formula is C15H28N4S. The fraction of sp³-hybridized carbons (Fsp3) is 0.800. The fourth-order valence-electron chi connectivity index (χ4n) is 3.65. The molecule has 1 aromatic rings. The van der Waals surface area contributed by atoms with Crippen molar-refractivity contribution in [1.82, 2.24) is 15.3 Å². The molecule has 2 rings (SSSR count). The second-order valence-electron chi connectivity index (χ2n) is 5.81. The van der Waals surface area contributed by atoms with Crippen molar-refractivity contribution in [2.45, 2.75) is 64.5 Å². The van der Waals surface area contributed by atoms with Gasteiger partial charge in [-0.1, -0.05) is 13.8 Å². The summed E-state index contributed by atoms with van der Waals surface area (Å²) in [6, 6.07) is 0.265. The molecule has 1 saturated heterocycles. The average Bonchev–Trinajstić information content (AvgIpc) is 3.11. The Morgan fingerprint density at radius 1 is 1.40 bits per heavy atom. The molecule has 4 nitrogen and oxygen atoms in total. The Hall–Kier alpha value is -0.490. The number of nitrogens with zero attached hydrogens (tertiary/aromatic N) is 2. The molecular weight excluding hydrogens is 268 g/mol. The van der Waals surface area contributed by atoms with E-state index in [9.17, 15) is 0 Å². The number of nitrogens with two attached hydrogens (primary N) is 1. The Balaban J connectivity index is 2.19. The van der Waals surface area contributed by atoms with Crippen LogP contribution in [-0.4, -0.2) is 34.6 Å². The summed E-state index contributed by atoms with van der Waals surface area (Å²) in [6.07, 6.45) is 5.81. The van der Waals surface area contributed by atoms with Crippen LogP contribution in [0.1, 0.15) is 50.2 Å². The van der Waals surface area contributed by atoms with Crippen LogP contribution in [-0.2, 0) is 6.42 Å². The van der Waals surface area contributed by atoms with Gasteiger partial charge in [0.25, 0.3) is 0 Å². The number of aryl methyl sites for hydroxylation is 1. The number of aromatic nitrogens is 1. The number of hydrogen-bond donors (Lipinski definition) is 2. The lowest BCUT2D eigenvalue weighted by Gasteiger charge is -2.46. The number of rotatable bonds is 7. The van der Waals surface area contributed by atoms with Gasteiger partial charge in [-0.3, -0.25) is 16.2 Å². The van der Waals surface area contributed by atoms with Gasteiger partial charge in [0.15, 0.2) is 0 Å². The predicted molar refractivity (Wildman–Crippen MR) is 85.8 cm³/mol. The third-order valence-corrected chi connectivity index (χ3v) is 5.84. The molecule has 0 saturated carbocycles. The molecule has 5 heteroatoms. The molecule has 3 N–H and O–H groups in total. The molecule has 0 radical (unpaired) electrons. The molecule has 1 aliphatic heterocycles. The predicted octanol–water partition coefficient (Wildman–Crippen LogP) is 2.48. The topological polar surface area (TPSA) is 54.2 Å². The molecule has 2 heterocycles. The summed E-state index contributed by atoms with van der Waals surface area (Å²) in [5.41, 5.74) is 4.37. The van der Waals surface area contributed by atoms with Crippen LogP contribution in [0.2, 0.25) is 0 Å². The fourth-order valence-corrected chi connectivity index (χ4v) is 4.47. The van der Waals surface area contributed by atoms with Crippen LogP contribution < -0.4 is 11.3 Å². The minimum atomic E-state index is 0.158. The van der Waals surface area contributed by atoms with Crippen LogP contribution in [0.5, 0.6) is 0 Å². The van der Waals surface area contributed by atoms with Crippen molar-refractivity contribution >= 4 is 11.3 Å². The minimum Gasteiger partial charge on any atom is -0.296 e. The van der Waals surface area contributed by atoms with E-state index >= 15 is 0 Å². The van der Waals surface area contributed by atoms with Crippen LogP contribution in [0, 0.1) is 6.92 Å². The highest BCUT2D eigenvalue weighted by atomic mass is 32.1. The molecule has 0 bridgehead atoms. The van der Waals surface area contributed by atoms with Crippen molar-refractivity contribution in [3.05, 3.63) is 16.1 Å². The second kappa shape index (κ2) is 6.98. The van der Waals surface area contributed by atoms with Gasteiger partial charge in [0, 0.05) is 29.1 Å². The van der Waals surface area contributed by atoms with Crippen LogP contribution in [0.25, 0.3) is 0 Å². The van der Waals surface area contributed by atoms with Gasteiger partial charge in [-0.25, -0.2) is 4.98 Å². The first kappa shape index (κ1) is 15.9. The molecule has 0 spiro atoms. The van der Waals surface area contributed by atoms with Crippen LogP contribution >= 0.6 is 11.3 Å². The second-order valence-corrected chi connectivity index (χ2v) is 6.75. The largest absolute Gasteiger partial charge is 0.296 e. The van der Waals surface area contributed by atoms with E-state index in [1.54, 1.807) is 11.3 Å². The zero-order valence-electron chi connectivity index (χ0n) is 13.0. The van der Waals surface area contributed by atoms with E-state index in [-0.39, 0.29) is 11.6 Å². The molecule has 1 fully saturated rings. The van der Waals surface area contributed by atoms with E-state index in [1.807, 2.05) is 0 Å². The molecule has 0 aromatic carbocycles. The highest BCUT2D eigenvalue weighted by Gasteiger charge is 2.41. The zero-order chi connectivity index (χ0) is 14.6. The highest BCUT2D eigenvalue weighted by Crippen LogP contribution is 2.33. The Kier molecular flexibility index (Phi) is 5.55. The van der Waals surface area contributed by atoms with Crippen molar-refractivity contribution in [1.29, 1.82) is 0 Å². The first-order valence-corrected chi connectivity index (χ1v) is 8.66. The first-order valence-electron chi connectivity index (χ1n) is 7.78. The Morgan fingerprint density at radius 3 is 2.50 bits per heavy atom. The minimum absolute atomic E-state index is 0.158. The van der Waals surface area contributed by atoms with Crippen molar-refractivity contribution in [3.8, 4) is 0 Å². The normalized spacial score (nSPS) is 18.6. The van der Waals surface area contributed by atoms with Crippen molar-refractivity contribution in [3.63, 3.8) is 0 Å². The Bertz CT molecular complexity index is 408. The molecule has 20 heavy (non-hydrogen) atoms. The number of hydrazine groups is 1. The van der Waals surface area contributed by atoms with Gasteiger partial charge in [-0.05, 0) is 45.7 Å². The Labute approximate surface area is 126 Å². The zero-order valence-corrected chi connectivity index (χ0v) is 13.8. The van der Waals surface area contributed by atoms with E-state index in [0.29, 0.717) is 0 Å². The van der Waals surface area contributed by atoms with Gasteiger partial charge in [-0.2, -0.15) is 0 Å². The summed E-state index contributed by atoms with van der Waals surface area (Å²) >= 11 is 1.75. The van der Waals surface area contributed by atoms with Gasteiger partial charge in [0.1, 0.15) is 0 Å². The van der Waals surface area contributed by atoms with E-state index in [4.69, 9.17) is 5.84 Å². The SMILES string of the molecule is CCC(CC)(C(Cc1nc(C)cs1)NN)N1CCCC1. The molecule has 114 valence electrons. The van der Waals surface area contributed by atoms with E-state index in [0.717, 1.165) is 25.0 Å². The first-order chi connectivity index (χ1) is 9.66. The summed E-state index contributed by atoms with van der Waals surface area (Å²) in [5.74, 6) is 5.93. The van der Waals surface area contributed by atoms with Crippen LogP contribution in [0.3, 0.4) is 0 Å². The molecule has 0 aliphatic carbocycles. The maximum Gasteiger partial charge on any atom is 0.0944 e. The summed E-state index contributed by atoms with van der Waals surface area (Å²) < 4.78 is 0. The maximum absolute atomic E-state index is 5.93. The van der Waals surface area contributed by atoms with Crippen molar-refractivity contribution < 1.29 is 0 Å². The van der Waals surface area contributed by atoms with Gasteiger partial charge in [0.2, 0.25) is 0 Å². The van der Waals surface area contributed by atoms with Crippen LogP contribution in [0.15, 0.2) is 5.38 Å². The lowest BCUT2D eigenvalue weighted by atomic mass is 9.81. The van der Waals surface area contributed by atoms with Crippen molar-refractivity contribution in [2.24, 2.45) is 5.84 Å². The van der Waals surface area contributed by atoms with Gasteiger partial charge < -0.3 is 0 Å². The molecule has 1 aliphatic rings. The van der Waals surface area contributed by atoms with Gasteiger partial charge >= 0.3 is 0 Å². The molecule has 1 aromatic heterocycles. The number of nitrogens with one attached hydrogen (secondary N) is 1.